The molecule has 1 aromatic rings. The zero-order valence-electron chi connectivity index (χ0n) is 10.7. The lowest BCUT2D eigenvalue weighted by Crippen LogP contribution is -2.20. The Hall–Kier alpha value is -1.03. The molecular weight excluding hydrogens is 235 g/mol. The van der Waals surface area contributed by atoms with Crippen molar-refractivity contribution in [3.8, 4) is 11.5 Å². The number of methoxy groups -OCH3 is 1. The number of halogens is 1. The van der Waals surface area contributed by atoms with Crippen LogP contribution in [0.5, 0.6) is 11.5 Å². The molecular formula is C13H19FO2Si. The van der Waals surface area contributed by atoms with Crippen LogP contribution in [0, 0.1) is 5.82 Å². The van der Waals surface area contributed by atoms with Gasteiger partial charge < -0.3 is 9.84 Å². The minimum Gasteiger partial charge on any atom is -0.508 e. The highest BCUT2D eigenvalue weighted by atomic mass is 28.3. The van der Waals surface area contributed by atoms with E-state index in [2.05, 4.69) is 19.6 Å². The Labute approximate surface area is 102 Å². The Bertz CT molecular complexity index is 440. The number of rotatable bonds is 3. The van der Waals surface area contributed by atoms with E-state index in [9.17, 15) is 9.50 Å². The van der Waals surface area contributed by atoms with E-state index in [4.69, 9.17) is 4.74 Å². The summed E-state index contributed by atoms with van der Waals surface area (Å²) in [5.41, 5.74) is 1.53. The highest BCUT2D eigenvalue weighted by molar-refractivity contribution is 6.78. The third kappa shape index (κ3) is 2.32. The number of ether oxygens (including phenoxy) is 1. The Morgan fingerprint density at radius 2 is 2.00 bits per heavy atom. The van der Waals surface area contributed by atoms with E-state index in [1.807, 2.05) is 0 Å². The predicted molar refractivity (Wildman–Crippen MR) is 69.1 cm³/mol. The average Bonchev–Trinajstić information content (AvgIpc) is 2.97. The van der Waals surface area contributed by atoms with Crippen LogP contribution in [0.25, 0.3) is 0 Å². The Morgan fingerprint density at radius 3 is 2.47 bits per heavy atom. The van der Waals surface area contributed by atoms with Crippen molar-refractivity contribution in [1.82, 2.24) is 0 Å². The van der Waals surface area contributed by atoms with Crippen molar-refractivity contribution >= 4 is 8.07 Å². The molecule has 0 amide bonds. The smallest absolute Gasteiger partial charge is 0.168 e. The van der Waals surface area contributed by atoms with E-state index in [-0.39, 0.29) is 11.5 Å². The largest absolute Gasteiger partial charge is 0.508 e. The third-order valence-corrected chi connectivity index (χ3v) is 6.47. The topological polar surface area (TPSA) is 29.5 Å². The first kappa shape index (κ1) is 12.4. The van der Waals surface area contributed by atoms with E-state index >= 15 is 0 Å². The molecule has 0 radical (unpaired) electrons. The first-order valence-electron chi connectivity index (χ1n) is 5.91. The second-order valence-corrected chi connectivity index (χ2v) is 11.3. The van der Waals surface area contributed by atoms with E-state index in [1.54, 1.807) is 6.07 Å². The summed E-state index contributed by atoms with van der Waals surface area (Å²) in [5.74, 6) is 0.170. The minimum atomic E-state index is -1.18. The van der Waals surface area contributed by atoms with Gasteiger partial charge in [-0.3, -0.25) is 0 Å². The Balaban J connectivity index is 2.29. The molecule has 0 saturated heterocycles. The predicted octanol–water partition coefficient (Wildman–Crippen LogP) is 3.74. The van der Waals surface area contributed by atoms with E-state index in [0.29, 0.717) is 11.5 Å². The van der Waals surface area contributed by atoms with E-state index < -0.39 is 13.9 Å². The van der Waals surface area contributed by atoms with Crippen molar-refractivity contribution in [2.45, 2.75) is 37.5 Å². The van der Waals surface area contributed by atoms with Gasteiger partial charge in [-0.1, -0.05) is 19.6 Å². The number of aromatic hydroxyl groups is 1. The molecule has 1 aliphatic rings. The SMILES string of the molecule is COc1cc([C@@H]2C[C@H]2[Si](C)(C)C)c(O)cc1F. The second kappa shape index (κ2) is 4.01. The molecule has 0 unspecified atom stereocenters. The fourth-order valence-electron chi connectivity index (χ4n) is 2.51. The van der Waals surface area contributed by atoms with Gasteiger partial charge in [0.05, 0.1) is 7.11 Å². The summed E-state index contributed by atoms with van der Waals surface area (Å²) in [7, 11) is 0.267. The molecule has 0 bridgehead atoms. The second-order valence-electron chi connectivity index (χ2n) is 5.86. The van der Waals surface area contributed by atoms with Crippen LogP contribution < -0.4 is 4.74 Å². The van der Waals surface area contributed by atoms with Crippen molar-refractivity contribution in [2.75, 3.05) is 7.11 Å². The summed E-state index contributed by atoms with van der Waals surface area (Å²) in [6.07, 6.45) is 1.11. The van der Waals surface area contributed by atoms with Crippen molar-refractivity contribution in [2.24, 2.45) is 0 Å². The summed E-state index contributed by atoms with van der Waals surface area (Å²) in [6.45, 7) is 6.99. The molecule has 2 rings (SSSR count). The van der Waals surface area contributed by atoms with Gasteiger partial charge in [-0.2, -0.15) is 0 Å². The van der Waals surface area contributed by atoms with Crippen LogP contribution in [-0.4, -0.2) is 20.3 Å². The van der Waals surface area contributed by atoms with Gasteiger partial charge in [0.2, 0.25) is 0 Å². The lowest BCUT2D eigenvalue weighted by Gasteiger charge is -2.16. The van der Waals surface area contributed by atoms with Gasteiger partial charge in [-0.15, -0.1) is 0 Å². The molecule has 1 fully saturated rings. The van der Waals surface area contributed by atoms with E-state index in [0.717, 1.165) is 18.1 Å². The number of phenolic OH excluding ortho intramolecular Hbond substituents is 1. The molecule has 0 spiro atoms. The average molecular weight is 254 g/mol. The summed E-state index contributed by atoms with van der Waals surface area (Å²) in [4.78, 5) is 0. The molecule has 94 valence electrons. The maximum absolute atomic E-state index is 13.4. The first-order valence-corrected chi connectivity index (χ1v) is 9.48. The quantitative estimate of drug-likeness (QED) is 0.833. The number of hydrogen-bond acceptors (Lipinski definition) is 2. The normalized spacial score (nSPS) is 23.6. The van der Waals surface area contributed by atoms with Crippen molar-refractivity contribution in [3.63, 3.8) is 0 Å². The maximum atomic E-state index is 13.4. The fraction of sp³-hybridized carbons (Fsp3) is 0.538. The van der Waals surface area contributed by atoms with E-state index in [1.165, 1.54) is 7.11 Å². The van der Waals surface area contributed by atoms with Crippen LogP contribution in [0.15, 0.2) is 12.1 Å². The summed E-state index contributed by atoms with van der Waals surface area (Å²) >= 11 is 0. The van der Waals surface area contributed by atoms with Gasteiger partial charge >= 0.3 is 0 Å². The molecule has 1 aromatic carbocycles. The van der Waals surface area contributed by atoms with Crippen LogP contribution in [0.3, 0.4) is 0 Å². The summed E-state index contributed by atoms with van der Waals surface area (Å²) in [5, 5.41) is 9.83. The standard InChI is InChI=1S/C13H19FO2Si/c1-16-12-5-8(11(15)7-10(12)14)9-6-13(9)17(2,3)4/h5,7,9,13,15H,6H2,1-4H3/t9-,13+/m0/s1. The highest BCUT2D eigenvalue weighted by Crippen LogP contribution is 2.60. The monoisotopic (exact) mass is 254 g/mol. The van der Waals surface area contributed by atoms with Crippen molar-refractivity contribution in [1.29, 1.82) is 0 Å². The van der Waals surface area contributed by atoms with Gasteiger partial charge in [-0.05, 0) is 23.9 Å². The zero-order chi connectivity index (χ0) is 12.8. The van der Waals surface area contributed by atoms with Crippen molar-refractivity contribution in [3.05, 3.63) is 23.5 Å². The minimum absolute atomic E-state index is 0.0639. The number of hydrogen-bond donors (Lipinski definition) is 1. The van der Waals surface area contributed by atoms with Gasteiger partial charge in [0, 0.05) is 19.7 Å². The highest BCUT2D eigenvalue weighted by Gasteiger charge is 2.48. The van der Waals surface area contributed by atoms with Gasteiger partial charge in [0.15, 0.2) is 11.6 Å². The molecule has 1 aliphatic carbocycles. The molecule has 17 heavy (non-hydrogen) atoms. The number of benzene rings is 1. The molecule has 1 saturated carbocycles. The Morgan fingerprint density at radius 1 is 1.35 bits per heavy atom. The summed E-state index contributed by atoms with van der Waals surface area (Å²) < 4.78 is 18.3. The van der Waals surface area contributed by atoms with Crippen LogP contribution in [0.1, 0.15) is 17.9 Å². The van der Waals surface area contributed by atoms with Crippen molar-refractivity contribution < 1.29 is 14.2 Å². The number of phenols is 1. The lowest BCUT2D eigenvalue weighted by atomic mass is 10.1. The third-order valence-electron chi connectivity index (χ3n) is 3.60. The summed E-state index contributed by atoms with van der Waals surface area (Å²) in [6, 6.07) is 2.81. The molecule has 0 heterocycles. The van der Waals surface area contributed by atoms with Gasteiger partial charge in [0.1, 0.15) is 5.75 Å². The zero-order valence-corrected chi connectivity index (χ0v) is 11.7. The lowest BCUT2D eigenvalue weighted by molar-refractivity contribution is 0.381. The molecule has 2 atom stereocenters. The first-order chi connectivity index (χ1) is 7.84. The molecule has 0 aromatic heterocycles. The molecule has 4 heteroatoms. The Kier molecular flexibility index (Phi) is 2.93. The molecule has 1 N–H and O–H groups in total. The van der Waals surface area contributed by atoms with Gasteiger partial charge in [0.25, 0.3) is 0 Å². The van der Waals surface area contributed by atoms with Gasteiger partial charge in [-0.25, -0.2) is 4.39 Å². The molecule has 0 aliphatic heterocycles. The molecule has 2 nitrogen and oxygen atoms in total. The van der Waals surface area contributed by atoms with Crippen LogP contribution in [0.2, 0.25) is 25.2 Å². The van der Waals surface area contributed by atoms with Crippen LogP contribution in [0.4, 0.5) is 4.39 Å². The van der Waals surface area contributed by atoms with Crippen LogP contribution >= 0.6 is 0 Å². The van der Waals surface area contributed by atoms with Crippen LogP contribution in [-0.2, 0) is 0 Å². The maximum Gasteiger partial charge on any atom is 0.168 e. The fourth-order valence-corrected chi connectivity index (χ4v) is 4.86.